The molecule has 7 heteroatoms. The average Bonchev–Trinajstić information content (AvgIpc) is 3.08. The van der Waals surface area contributed by atoms with Crippen LogP contribution in [0.5, 0.6) is 0 Å². The number of guanidine groups is 1. The summed E-state index contributed by atoms with van der Waals surface area (Å²) in [6, 6.07) is 0. The van der Waals surface area contributed by atoms with Crippen molar-refractivity contribution in [3.05, 3.63) is 18.2 Å². The van der Waals surface area contributed by atoms with Gasteiger partial charge in [0.1, 0.15) is 12.4 Å². The van der Waals surface area contributed by atoms with Crippen molar-refractivity contribution in [2.75, 3.05) is 13.1 Å². The molecule has 106 valence electrons. The summed E-state index contributed by atoms with van der Waals surface area (Å²) in [4.78, 5) is 8.17. The Kier molecular flexibility index (Phi) is 4.70. The van der Waals surface area contributed by atoms with Crippen molar-refractivity contribution in [3.63, 3.8) is 0 Å². The predicted molar refractivity (Wildman–Crippen MR) is 69.0 cm³/mol. The Morgan fingerprint density at radius 1 is 1.53 bits per heavy atom. The number of nitrogens with one attached hydrogen (secondary N) is 2. The molecule has 1 fully saturated rings. The van der Waals surface area contributed by atoms with E-state index in [-0.39, 0.29) is 12.4 Å². The summed E-state index contributed by atoms with van der Waals surface area (Å²) in [5.41, 5.74) is 0. The zero-order valence-electron chi connectivity index (χ0n) is 10.9. The monoisotopic (exact) mass is 271 g/mol. The van der Waals surface area contributed by atoms with Gasteiger partial charge in [-0.2, -0.15) is 8.78 Å². The first kappa shape index (κ1) is 13.8. The summed E-state index contributed by atoms with van der Waals surface area (Å²) in [7, 11) is 0. The zero-order chi connectivity index (χ0) is 13.7. The van der Waals surface area contributed by atoms with Gasteiger partial charge < -0.3 is 10.6 Å². The van der Waals surface area contributed by atoms with Crippen molar-refractivity contribution in [1.82, 2.24) is 20.2 Å². The van der Waals surface area contributed by atoms with Crippen LogP contribution in [0.25, 0.3) is 0 Å². The predicted octanol–water partition coefficient (Wildman–Crippen LogP) is 1.74. The van der Waals surface area contributed by atoms with Gasteiger partial charge in [-0.25, -0.2) is 9.98 Å². The second-order valence-corrected chi connectivity index (χ2v) is 4.55. The van der Waals surface area contributed by atoms with Crippen LogP contribution in [0.15, 0.2) is 17.4 Å². The highest BCUT2D eigenvalue weighted by Gasteiger charge is 2.21. The molecule has 1 aromatic heterocycles. The third-order valence-electron chi connectivity index (χ3n) is 2.94. The van der Waals surface area contributed by atoms with E-state index in [4.69, 9.17) is 0 Å². The van der Waals surface area contributed by atoms with E-state index < -0.39 is 6.55 Å². The van der Waals surface area contributed by atoms with Crippen LogP contribution in [0, 0.1) is 5.92 Å². The number of aromatic nitrogens is 2. The Bertz CT molecular complexity index is 426. The van der Waals surface area contributed by atoms with Crippen LogP contribution in [0.3, 0.4) is 0 Å². The minimum absolute atomic E-state index is 0.136. The molecule has 0 radical (unpaired) electrons. The molecule has 1 aromatic rings. The van der Waals surface area contributed by atoms with E-state index in [0.29, 0.717) is 5.96 Å². The van der Waals surface area contributed by atoms with Crippen LogP contribution < -0.4 is 10.6 Å². The standard InChI is InChI=1S/C12H19F2N5/c1-2-15-12(17-7-9-3-4-9)18-8-10-16-5-6-19(10)11(13)14/h5-6,9,11H,2-4,7-8H2,1H3,(H2,15,17,18). The lowest BCUT2D eigenvalue weighted by molar-refractivity contribution is 0.0671. The summed E-state index contributed by atoms with van der Waals surface area (Å²) in [6.45, 7) is 1.15. The van der Waals surface area contributed by atoms with E-state index in [2.05, 4.69) is 20.6 Å². The second kappa shape index (κ2) is 6.49. The summed E-state index contributed by atoms with van der Waals surface area (Å²) in [6.07, 6.45) is 5.13. The van der Waals surface area contributed by atoms with Gasteiger partial charge in [0.25, 0.3) is 0 Å². The molecule has 2 N–H and O–H groups in total. The van der Waals surface area contributed by atoms with E-state index in [9.17, 15) is 8.78 Å². The maximum atomic E-state index is 12.6. The Hall–Kier alpha value is -1.66. The highest BCUT2D eigenvalue weighted by molar-refractivity contribution is 5.79. The number of halogens is 2. The molecular weight excluding hydrogens is 252 g/mol. The van der Waals surface area contributed by atoms with Crippen LogP contribution in [-0.4, -0.2) is 28.6 Å². The van der Waals surface area contributed by atoms with E-state index in [0.717, 1.165) is 23.6 Å². The first-order valence-electron chi connectivity index (χ1n) is 6.52. The number of rotatable bonds is 6. The number of aliphatic imine (C=N–C) groups is 1. The normalized spacial score (nSPS) is 15.9. The molecule has 0 aliphatic heterocycles. The SMILES string of the molecule is CCNC(=NCc1nccn1C(F)F)NCC1CC1. The van der Waals surface area contributed by atoms with Crippen LogP contribution in [0.2, 0.25) is 0 Å². The van der Waals surface area contributed by atoms with Gasteiger partial charge in [0.05, 0.1) is 0 Å². The van der Waals surface area contributed by atoms with E-state index in [1.54, 1.807) is 0 Å². The quantitative estimate of drug-likeness (QED) is 0.612. The molecule has 1 aliphatic carbocycles. The molecule has 1 aliphatic rings. The molecule has 0 aromatic carbocycles. The molecule has 0 saturated heterocycles. The lowest BCUT2D eigenvalue weighted by Crippen LogP contribution is -2.38. The lowest BCUT2D eigenvalue weighted by Gasteiger charge is -2.11. The fraction of sp³-hybridized carbons (Fsp3) is 0.667. The highest BCUT2D eigenvalue weighted by Crippen LogP contribution is 2.27. The van der Waals surface area contributed by atoms with Gasteiger partial charge in [-0.3, -0.25) is 4.57 Å². The molecule has 0 spiro atoms. The van der Waals surface area contributed by atoms with Crippen LogP contribution in [0.4, 0.5) is 8.78 Å². The molecule has 0 unspecified atom stereocenters. The third-order valence-corrected chi connectivity index (χ3v) is 2.94. The van der Waals surface area contributed by atoms with Gasteiger partial charge in [0, 0.05) is 25.5 Å². The molecule has 0 amide bonds. The molecule has 0 atom stereocenters. The van der Waals surface area contributed by atoms with Gasteiger partial charge in [-0.15, -0.1) is 0 Å². The van der Waals surface area contributed by atoms with Crippen molar-refractivity contribution < 1.29 is 8.78 Å². The minimum atomic E-state index is -2.57. The first-order valence-corrected chi connectivity index (χ1v) is 6.52. The van der Waals surface area contributed by atoms with Crippen LogP contribution in [-0.2, 0) is 6.54 Å². The largest absolute Gasteiger partial charge is 0.357 e. The maximum Gasteiger partial charge on any atom is 0.319 e. The van der Waals surface area contributed by atoms with E-state index in [1.807, 2.05) is 6.92 Å². The third kappa shape index (κ3) is 4.18. The van der Waals surface area contributed by atoms with Gasteiger partial charge in [-0.05, 0) is 25.7 Å². The minimum Gasteiger partial charge on any atom is -0.357 e. The van der Waals surface area contributed by atoms with Crippen LogP contribution >= 0.6 is 0 Å². The first-order chi connectivity index (χ1) is 9.20. The smallest absolute Gasteiger partial charge is 0.319 e. The summed E-state index contributed by atoms with van der Waals surface area (Å²) in [5, 5.41) is 6.30. The van der Waals surface area contributed by atoms with Crippen LogP contribution in [0.1, 0.15) is 32.1 Å². The van der Waals surface area contributed by atoms with Gasteiger partial charge in [-0.1, -0.05) is 0 Å². The number of hydrogen-bond donors (Lipinski definition) is 2. The lowest BCUT2D eigenvalue weighted by atomic mass is 10.4. The number of imidazole rings is 1. The van der Waals surface area contributed by atoms with Crippen molar-refractivity contribution in [1.29, 1.82) is 0 Å². The number of nitrogens with zero attached hydrogens (tertiary/aromatic N) is 3. The highest BCUT2D eigenvalue weighted by atomic mass is 19.3. The zero-order valence-corrected chi connectivity index (χ0v) is 10.9. The molecule has 0 bridgehead atoms. The second-order valence-electron chi connectivity index (χ2n) is 4.55. The summed E-state index contributed by atoms with van der Waals surface area (Å²) < 4.78 is 26.1. The average molecular weight is 271 g/mol. The number of hydrogen-bond acceptors (Lipinski definition) is 2. The Labute approximate surface area is 111 Å². The molecular formula is C12H19F2N5. The van der Waals surface area contributed by atoms with Gasteiger partial charge in [0.15, 0.2) is 5.96 Å². The summed E-state index contributed by atoms with van der Waals surface area (Å²) in [5.74, 6) is 1.64. The van der Waals surface area contributed by atoms with Crippen molar-refractivity contribution in [2.45, 2.75) is 32.9 Å². The molecule has 1 saturated carbocycles. The van der Waals surface area contributed by atoms with E-state index in [1.165, 1.54) is 25.2 Å². The maximum absolute atomic E-state index is 12.6. The summed E-state index contributed by atoms with van der Waals surface area (Å²) >= 11 is 0. The molecule has 2 rings (SSSR count). The Morgan fingerprint density at radius 2 is 2.32 bits per heavy atom. The topological polar surface area (TPSA) is 54.2 Å². The molecule has 5 nitrogen and oxygen atoms in total. The van der Waals surface area contributed by atoms with E-state index >= 15 is 0 Å². The van der Waals surface area contributed by atoms with Crippen molar-refractivity contribution in [3.8, 4) is 0 Å². The molecule has 1 heterocycles. The van der Waals surface area contributed by atoms with Gasteiger partial charge in [0.2, 0.25) is 0 Å². The fourth-order valence-electron chi connectivity index (χ4n) is 1.70. The number of alkyl halides is 2. The van der Waals surface area contributed by atoms with Crippen molar-refractivity contribution >= 4 is 5.96 Å². The van der Waals surface area contributed by atoms with Gasteiger partial charge >= 0.3 is 6.55 Å². The Balaban J connectivity index is 1.93. The van der Waals surface area contributed by atoms with Crippen molar-refractivity contribution in [2.24, 2.45) is 10.9 Å². The molecule has 19 heavy (non-hydrogen) atoms. The Morgan fingerprint density at radius 3 is 2.95 bits per heavy atom. The fourth-order valence-corrected chi connectivity index (χ4v) is 1.70.